The molecule has 5 nitrogen and oxygen atoms in total. The highest BCUT2D eigenvalue weighted by atomic mass is 32.2. The van der Waals surface area contributed by atoms with Crippen molar-refractivity contribution in [2.45, 2.75) is 6.04 Å². The molecule has 1 unspecified atom stereocenters. The number of nitrogens with zero attached hydrogens (tertiary/aromatic N) is 1. The number of piperazine rings is 1. The number of hydrogen-bond donors (Lipinski definition) is 2. The molecule has 1 aliphatic rings. The van der Waals surface area contributed by atoms with Gasteiger partial charge in [0.05, 0.1) is 6.04 Å². The van der Waals surface area contributed by atoms with Crippen molar-refractivity contribution in [1.29, 1.82) is 0 Å². The van der Waals surface area contributed by atoms with E-state index < -0.39 is 16.3 Å². The maximum Gasteiger partial charge on any atom is 0.277 e. The van der Waals surface area contributed by atoms with E-state index in [1.165, 1.54) is 16.4 Å². The third kappa shape index (κ3) is 2.81. The van der Waals surface area contributed by atoms with Crippen LogP contribution in [-0.4, -0.2) is 32.4 Å². The summed E-state index contributed by atoms with van der Waals surface area (Å²) in [5.41, 5.74) is 0.603. The average Bonchev–Trinajstić information content (AvgIpc) is 2.28. The fourth-order valence-corrected chi connectivity index (χ4v) is 2.88. The number of nitrogens with two attached hydrogens (primary N) is 1. The highest BCUT2D eigenvalue weighted by Crippen LogP contribution is 2.24. The van der Waals surface area contributed by atoms with Crippen LogP contribution in [0.15, 0.2) is 24.3 Å². The standard InChI is InChI=1S/C10H14FN3O2S/c11-9-3-1-2-8(6-9)10-7-13-4-5-14(10)17(12,15)16/h1-3,6,10,13H,4-5,7H2,(H2,12,15,16). The van der Waals surface area contributed by atoms with E-state index in [0.29, 0.717) is 25.2 Å². The van der Waals surface area contributed by atoms with E-state index in [4.69, 9.17) is 5.14 Å². The van der Waals surface area contributed by atoms with Gasteiger partial charge in [0.15, 0.2) is 0 Å². The third-order valence-corrected chi connectivity index (χ3v) is 3.85. The molecule has 1 saturated heterocycles. The Morgan fingerprint density at radius 2 is 2.24 bits per heavy atom. The molecule has 0 aliphatic carbocycles. The Balaban J connectivity index is 2.34. The summed E-state index contributed by atoms with van der Waals surface area (Å²) in [6, 6.07) is 5.45. The van der Waals surface area contributed by atoms with Gasteiger partial charge in [-0.25, -0.2) is 9.53 Å². The first-order valence-electron chi connectivity index (χ1n) is 5.24. The lowest BCUT2D eigenvalue weighted by Crippen LogP contribution is -2.50. The summed E-state index contributed by atoms with van der Waals surface area (Å²) >= 11 is 0. The second kappa shape index (κ2) is 4.69. The fraction of sp³-hybridized carbons (Fsp3) is 0.400. The fourth-order valence-electron chi connectivity index (χ4n) is 1.99. The van der Waals surface area contributed by atoms with Crippen LogP contribution >= 0.6 is 0 Å². The molecule has 1 aromatic rings. The van der Waals surface area contributed by atoms with Crippen LogP contribution in [0.25, 0.3) is 0 Å². The zero-order chi connectivity index (χ0) is 12.5. The first-order valence-corrected chi connectivity index (χ1v) is 6.74. The van der Waals surface area contributed by atoms with Gasteiger partial charge in [-0.15, -0.1) is 0 Å². The van der Waals surface area contributed by atoms with Gasteiger partial charge in [0.25, 0.3) is 10.2 Å². The number of nitrogens with one attached hydrogen (secondary N) is 1. The molecule has 7 heteroatoms. The van der Waals surface area contributed by atoms with Gasteiger partial charge in [-0.2, -0.15) is 12.7 Å². The molecule has 0 radical (unpaired) electrons. The molecule has 94 valence electrons. The summed E-state index contributed by atoms with van der Waals surface area (Å²) in [5, 5.41) is 8.22. The first kappa shape index (κ1) is 12.4. The van der Waals surface area contributed by atoms with Crippen molar-refractivity contribution in [2.75, 3.05) is 19.6 Å². The Labute approximate surface area is 99.6 Å². The molecule has 0 spiro atoms. The predicted molar refractivity (Wildman–Crippen MR) is 61.8 cm³/mol. The monoisotopic (exact) mass is 259 g/mol. The van der Waals surface area contributed by atoms with E-state index in [0.717, 1.165) is 0 Å². The Morgan fingerprint density at radius 3 is 2.88 bits per heavy atom. The topological polar surface area (TPSA) is 75.4 Å². The van der Waals surface area contributed by atoms with Gasteiger partial charge in [-0.3, -0.25) is 0 Å². The maximum atomic E-state index is 13.1. The second-order valence-electron chi connectivity index (χ2n) is 3.93. The highest BCUT2D eigenvalue weighted by molar-refractivity contribution is 7.86. The molecule has 1 aliphatic heterocycles. The summed E-state index contributed by atoms with van der Waals surface area (Å²) in [6.07, 6.45) is 0. The van der Waals surface area contributed by atoms with Crippen LogP contribution in [0.2, 0.25) is 0 Å². The van der Waals surface area contributed by atoms with Crippen LogP contribution < -0.4 is 10.5 Å². The van der Waals surface area contributed by atoms with Crippen LogP contribution in [-0.2, 0) is 10.2 Å². The minimum Gasteiger partial charge on any atom is -0.313 e. The first-order chi connectivity index (χ1) is 7.98. The molecule has 1 aromatic carbocycles. The molecule has 1 heterocycles. The molecule has 2 rings (SSSR count). The normalized spacial score (nSPS) is 22.6. The van der Waals surface area contributed by atoms with E-state index in [1.54, 1.807) is 12.1 Å². The lowest BCUT2D eigenvalue weighted by atomic mass is 10.1. The minimum absolute atomic E-state index is 0.292. The Morgan fingerprint density at radius 1 is 1.47 bits per heavy atom. The third-order valence-electron chi connectivity index (χ3n) is 2.75. The van der Waals surface area contributed by atoms with Gasteiger partial charge < -0.3 is 5.32 Å². The number of halogens is 1. The van der Waals surface area contributed by atoms with Crippen molar-refractivity contribution in [1.82, 2.24) is 9.62 Å². The summed E-state index contributed by atoms with van der Waals surface area (Å²) < 4.78 is 37.2. The van der Waals surface area contributed by atoms with Crippen molar-refractivity contribution in [3.8, 4) is 0 Å². The van der Waals surface area contributed by atoms with E-state index in [-0.39, 0.29) is 5.82 Å². The van der Waals surface area contributed by atoms with Gasteiger partial charge in [-0.1, -0.05) is 12.1 Å². The summed E-state index contributed by atoms with van der Waals surface area (Å²) in [4.78, 5) is 0. The molecule has 0 bridgehead atoms. The smallest absolute Gasteiger partial charge is 0.277 e. The molecular weight excluding hydrogens is 245 g/mol. The largest absolute Gasteiger partial charge is 0.313 e. The molecular formula is C10H14FN3O2S. The summed E-state index contributed by atoms with van der Waals surface area (Å²) in [6.45, 7) is 1.27. The number of benzene rings is 1. The van der Waals surface area contributed by atoms with Crippen LogP contribution in [0.3, 0.4) is 0 Å². The van der Waals surface area contributed by atoms with E-state index in [2.05, 4.69) is 5.32 Å². The highest BCUT2D eigenvalue weighted by Gasteiger charge is 2.30. The summed E-state index contributed by atoms with van der Waals surface area (Å²) in [7, 11) is -3.77. The van der Waals surface area contributed by atoms with Crippen molar-refractivity contribution in [2.24, 2.45) is 5.14 Å². The van der Waals surface area contributed by atoms with Gasteiger partial charge in [0, 0.05) is 19.6 Å². The molecule has 0 aromatic heterocycles. The molecule has 0 amide bonds. The van der Waals surface area contributed by atoms with E-state index in [1.807, 2.05) is 0 Å². The second-order valence-corrected chi connectivity index (χ2v) is 5.43. The van der Waals surface area contributed by atoms with Crippen LogP contribution in [0.5, 0.6) is 0 Å². The number of hydrogen-bond acceptors (Lipinski definition) is 3. The van der Waals surface area contributed by atoms with Gasteiger partial charge in [-0.05, 0) is 17.7 Å². The number of rotatable bonds is 2. The van der Waals surface area contributed by atoms with E-state index >= 15 is 0 Å². The summed E-state index contributed by atoms with van der Waals surface area (Å²) in [5.74, 6) is -0.387. The lowest BCUT2D eigenvalue weighted by Gasteiger charge is -2.34. The molecule has 0 saturated carbocycles. The Kier molecular flexibility index (Phi) is 3.43. The van der Waals surface area contributed by atoms with Crippen molar-refractivity contribution in [3.05, 3.63) is 35.6 Å². The zero-order valence-electron chi connectivity index (χ0n) is 9.14. The molecule has 1 fully saturated rings. The average molecular weight is 259 g/mol. The molecule has 3 N–H and O–H groups in total. The quantitative estimate of drug-likeness (QED) is 0.783. The molecule has 1 atom stereocenters. The zero-order valence-corrected chi connectivity index (χ0v) is 9.95. The van der Waals surface area contributed by atoms with Crippen LogP contribution in [0, 0.1) is 5.82 Å². The van der Waals surface area contributed by atoms with Crippen LogP contribution in [0.4, 0.5) is 4.39 Å². The lowest BCUT2D eigenvalue weighted by molar-refractivity contribution is 0.271. The van der Waals surface area contributed by atoms with Crippen molar-refractivity contribution < 1.29 is 12.8 Å². The van der Waals surface area contributed by atoms with Gasteiger partial charge >= 0.3 is 0 Å². The van der Waals surface area contributed by atoms with Crippen LogP contribution in [0.1, 0.15) is 11.6 Å². The molecule has 17 heavy (non-hydrogen) atoms. The Bertz CT molecular complexity index is 506. The van der Waals surface area contributed by atoms with Crippen molar-refractivity contribution >= 4 is 10.2 Å². The minimum atomic E-state index is -3.77. The Hall–Kier alpha value is -1.02. The van der Waals surface area contributed by atoms with E-state index in [9.17, 15) is 12.8 Å². The van der Waals surface area contributed by atoms with Gasteiger partial charge in [0.2, 0.25) is 0 Å². The maximum absolute atomic E-state index is 13.1. The SMILES string of the molecule is NS(=O)(=O)N1CCNCC1c1cccc(F)c1. The van der Waals surface area contributed by atoms with Gasteiger partial charge in [0.1, 0.15) is 5.82 Å². The van der Waals surface area contributed by atoms with Crippen molar-refractivity contribution in [3.63, 3.8) is 0 Å². The predicted octanol–water partition coefficient (Wildman–Crippen LogP) is -0.0245.